The Bertz CT molecular complexity index is 1170. The Kier molecular flexibility index (Phi) is 5.42. The third kappa shape index (κ3) is 4.46. The van der Waals surface area contributed by atoms with Crippen LogP contribution in [0, 0.1) is 12.7 Å². The molecule has 150 valence electrons. The Balaban J connectivity index is 1.67. The van der Waals surface area contributed by atoms with Gasteiger partial charge < -0.3 is 5.32 Å². The number of halogens is 1. The fourth-order valence-corrected chi connectivity index (χ4v) is 2.72. The van der Waals surface area contributed by atoms with Crippen molar-refractivity contribution in [3.63, 3.8) is 0 Å². The largest absolute Gasteiger partial charge is 0.324 e. The van der Waals surface area contributed by atoms with Crippen LogP contribution in [0.5, 0.6) is 0 Å². The van der Waals surface area contributed by atoms with Crippen LogP contribution in [0.15, 0.2) is 72.6 Å². The first-order valence-corrected chi connectivity index (χ1v) is 9.20. The molecular formula is C21H19FN8. The molecule has 4 aromatic rings. The van der Waals surface area contributed by atoms with Crippen LogP contribution in [0.25, 0.3) is 5.82 Å². The second kappa shape index (κ2) is 8.48. The molecule has 0 radical (unpaired) electrons. The lowest BCUT2D eigenvalue weighted by molar-refractivity contribution is 0.628. The molecule has 0 saturated heterocycles. The number of hydrogen-bond acceptors (Lipinski definition) is 7. The van der Waals surface area contributed by atoms with E-state index in [4.69, 9.17) is 0 Å². The number of hydrogen-bond donors (Lipinski definition) is 2. The summed E-state index contributed by atoms with van der Waals surface area (Å²) < 4.78 is 15.4. The van der Waals surface area contributed by atoms with E-state index < -0.39 is 0 Å². The molecule has 0 fully saturated rings. The van der Waals surface area contributed by atoms with E-state index >= 15 is 0 Å². The third-order valence-electron chi connectivity index (χ3n) is 4.36. The first-order chi connectivity index (χ1) is 14.6. The van der Waals surface area contributed by atoms with Crippen molar-refractivity contribution >= 4 is 23.2 Å². The molecular weight excluding hydrogens is 383 g/mol. The molecule has 0 aliphatic heterocycles. The first kappa shape index (κ1) is 19.2. The second-order valence-electron chi connectivity index (χ2n) is 6.53. The van der Waals surface area contributed by atoms with E-state index in [0.717, 1.165) is 16.8 Å². The van der Waals surface area contributed by atoms with Crippen LogP contribution in [0.1, 0.15) is 18.1 Å². The Morgan fingerprint density at radius 2 is 1.87 bits per heavy atom. The first-order valence-electron chi connectivity index (χ1n) is 9.20. The zero-order valence-corrected chi connectivity index (χ0v) is 16.4. The van der Waals surface area contributed by atoms with Crippen molar-refractivity contribution < 1.29 is 4.39 Å². The summed E-state index contributed by atoms with van der Waals surface area (Å²) in [4.78, 5) is 17.0. The fourth-order valence-electron chi connectivity index (χ4n) is 2.72. The summed E-state index contributed by atoms with van der Waals surface area (Å²) in [6, 6.07) is 10.00. The average Bonchev–Trinajstić information content (AvgIpc) is 3.30. The Hall–Kier alpha value is -4.14. The van der Waals surface area contributed by atoms with Crippen LogP contribution in [0.4, 0.5) is 21.8 Å². The normalized spacial score (nSPS) is 11.4. The van der Waals surface area contributed by atoms with Crippen LogP contribution in [-0.2, 0) is 0 Å². The van der Waals surface area contributed by atoms with Gasteiger partial charge in [0.15, 0.2) is 5.82 Å². The summed E-state index contributed by atoms with van der Waals surface area (Å²) >= 11 is 0. The van der Waals surface area contributed by atoms with Crippen molar-refractivity contribution in [3.8, 4) is 5.82 Å². The van der Waals surface area contributed by atoms with E-state index in [1.807, 2.05) is 26.0 Å². The maximum atomic E-state index is 13.7. The number of rotatable bonds is 6. The van der Waals surface area contributed by atoms with Crippen molar-refractivity contribution in [2.75, 3.05) is 10.7 Å². The van der Waals surface area contributed by atoms with Crippen LogP contribution in [0.2, 0.25) is 0 Å². The van der Waals surface area contributed by atoms with Gasteiger partial charge in [0.25, 0.3) is 0 Å². The van der Waals surface area contributed by atoms with Crippen molar-refractivity contribution in [2.45, 2.75) is 13.8 Å². The van der Waals surface area contributed by atoms with Crippen molar-refractivity contribution in [1.29, 1.82) is 0 Å². The molecule has 0 spiro atoms. The predicted octanol–water partition coefficient (Wildman–Crippen LogP) is 4.08. The Morgan fingerprint density at radius 3 is 2.63 bits per heavy atom. The Labute approximate surface area is 172 Å². The third-order valence-corrected chi connectivity index (χ3v) is 4.36. The quantitative estimate of drug-likeness (QED) is 0.373. The molecule has 9 heteroatoms. The molecule has 2 N–H and O–H groups in total. The van der Waals surface area contributed by atoms with E-state index in [1.54, 1.807) is 47.8 Å². The van der Waals surface area contributed by atoms with Gasteiger partial charge in [-0.2, -0.15) is 15.1 Å². The molecule has 3 aromatic heterocycles. The monoisotopic (exact) mass is 402 g/mol. The highest BCUT2D eigenvalue weighted by molar-refractivity contribution is 5.98. The fraction of sp³-hybridized carbons (Fsp3) is 0.0952. The highest BCUT2D eigenvalue weighted by Gasteiger charge is 2.09. The number of aromatic nitrogens is 5. The van der Waals surface area contributed by atoms with Gasteiger partial charge >= 0.3 is 0 Å². The minimum atomic E-state index is -0.343. The summed E-state index contributed by atoms with van der Waals surface area (Å²) in [5, 5.41) is 7.49. The molecule has 1 aromatic carbocycles. The number of benzene rings is 1. The molecule has 0 unspecified atom stereocenters. The van der Waals surface area contributed by atoms with Crippen LogP contribution >= 0.6 is 0 Å². The van der Waals surface area contributed by atoms with Gasteiger partial charge in [0.1, 0.15) is 18.0 Å². The zero-order valence-electron chi connectivity index (χ0n) is 16.4. The summed E-state index contributed by atoms with van der Waals surface area (Å²) in [6.07, 6.45) is 8.48. The molecule has 0 aliphatic carbocycles. The summed E-state index contributed by atoms with van der Waals surface area (Å²) in [7, 11) is 0. The van der Waals surface area contributed by atoms with E-state index in [1.165, 1.54) is 12.1 Å². The van der Waals surface area contributed by atoms with Crippen LogP contribution in [-0.4, -0.2) is 30.2 Å². The Morgan fingerprint density at radius 1 is 1.03 bits per heavy atom. The van der Waals surface area contributed by atoms with Gasteiger partial charge in [-0.05, 0) is 43.7 Å². The summed E-state index contributed by atoms with van der Waals surface area (Å²) in [5.74, 6) is 1.01. The molecule has 3 heterocycles. The van der Waals surface area contributed by atoms with E-state index in [9.17, 15) is 4.39 Å². The van der Waals surface area contributed by atoms with Gasteiger partial charge in [-0.3, -0.25) is 15.0 Å². The van der Waals surface area contributed by atoms with Crippen molar-refractivity contribution in [1.82, 2.24) is 24.5 Å². The standard InChI is InChI=1S/C21H19FN8/c1-14-3-4-17(22)11-18(14)25-21-26-19(12-20(27-21)30-10-9-24-13-30)29-28-15(2)16-5-7-23-8-6-16/h3-13H,1-2H3,(H2,25,26,27,29). The molecule has 0 atom stereocenters. The molecule has 8 nitrogen and oxygen atoms in total. The SMILES string of the molecule is CC(=NNc1cc(-n2ccnc2)nc(Nc2cc(F)ccc2C)n1)c1ccncc1. The zero-order chi connectivity index (χ0) is 20.9. The smallest absolute Gasteiger partial charge is 0.231 e. The lowest BCUT2D eigenvalue weighted by atomic mass is 10.2. The lowest BCUT2D eigenvalue weighted by Gasteiger charge is -2.12. The minimum absolute atomic E-state index is 0.300. The van der Waals surface area contributed by atoms with Crippen LogP contribution in [0.3, 0.4) is 0 Å². The van der Waals surface area contributed by atoms with Gasteiger partial charge in [-0.1, -0.05) is 6.07 Å². The van der Waals surface area contributed by atoms with Crippen LogP contribution < -0.4 is 10.7 Å². The van der Waals surface area contributed by atoms with E-state index in [-0.39, 0.29) is 5.82 Å². The number of hydrazone groups is 1. The molecule has 0 saturated carbocycles. The molecule has 0 bridgehead atoms. The molecule has 30 heavy (non-hydrogen) atoms. The lowest BCUT2D eigenvalue weighted by Crippen LogP contribution is -2.07. The van der Waals surface area contributed by atoms with Gasteiger partial charge in [0, 0.05) is 42.1 Å². The number of nitrogens with one attached hydrogen (secondary N) is 2. The summed E-state index contributed by atoms with van der Waals surface area (Å²) in [6.45, 7) is 3.76. The summed E-state index contributed by atoms with van der Waals surface area (Å²) in [5.41, 5.74) is 6.13. The predicted molar refractivity (Wildman–Crippen MR) is 114 cm³/mol. The topological polar surface area (TPSA) is 92.9 Å². The van der Waals surface area contributed by atoms with E-state index in [0.29, 0.717) is 23.3 Å². The minimum Gasteiger partial charge on any atom is -0.324 e. The number of anilines is 3. The maximum absolute atomic E-state index is 13.7. The second-order valence-corrected chi connectivity index (χ2v) is 6.53. The number of imidazole rings is 1. The van der Waals surface area contributed by atoms with Gasteiger partial charge in [0.2, 0.25) is 5.95 Å². The molecule has 0 aliphatic rings. The molecule has 0 amide bonds. The van der Waals surface area contributed by atoms with Gasteiger partial charge in [-0.15, -0.1) is 0 Å². The molecule has 4 rings (SSSR count). The van der Waals surface area contributed by atoms with Crippen molar-refractivity contribution in [3.05, 3.63) is 84.5 Å². The highest BCUT2D eigenvalue weighted by Crippen LogP contribution is 2.22. The van der Waals surface area contributed by atoms with Gasteiger partial charge in [-0.25, -0.2) is 9.37 Å². The number of pyridine rings is 1. The number of aryl methyl sites for hydroxylation is 1. The average molecular weight is 402 g/mol. The highest BCUT2D eigenvalue weighted by atomic mass is 19.1. The number of nitrogens with zero attached hydrogens (tertiary/aromatic N) is 6. The maximum Gasteiger partial charge on any atom is 0.231 e. The van der Waals surface area contributed by atoms with Gasteiger partial charge in [0.05, 0.1) is 5.71 Å². The van der Waals surface area contributed by atoms with E-state index in [2.05, 4.69) is 35.8 Å². The van der Waals surface area contributed by atoms with Crippen molar-refractivity contribution in [2.24, 2.45) is 5.10 Å².